The van der Waals surface area contributed by atoms with E-state index in [0.29, 0.717) is 50.5 Å². The predicted octanol–water partition coefficient (Wildman–Crippen LogP) is 3.08. The van der Waals surface area contributed by atoms with Gasteiger partial charge in [-0.1, -0.05) is 0 Å². The van der Waals surface area contributed by atoms with Crippen molar-refractivity contribution in [2.45, 2.75) is 18.6 Å². The van der Waals surface area contributed by atoms with Crippen LogP contribution in [-0.2, 0) is 9.47 Å². The van der Waals surface area contributed by atoms with Crippen molar-refractivity contribution in [2.75, 3.05) is 31.6 Å². The number of amides is 1. The number of rotatable bonds is 3. The Morgan fingerprint density at radius 2 is 1.85 bits per heavy atom. The average Bonchev–Trinajstić information content (AvgIpc) is 3.13. The Balaban J connectivity index is 1.39. The third kappa shape index (κ3) is 3.77. The maximum atomic E-state index is 13.7. The summed E-state index contributed by atoms with van der Waals surface area (Å²) < 4.78 is 38.0. The van der Waals surface area contributed by atoms with E-state index in [0.717, 1.165) is 12.1 Å². The van der Waals surface area contributed by atoms with E-state index in [2.05, 4.69) is 10.3 Å². The normalized spacial score (nSPS) is 18.7. The number of aromatic nitrogens is 1. The first-order chi connectivity index (χ1) is 13.0. The molecule has 2 saturated heterocycles. The van der Waals surface area contributed by atoms with E-state index in [1.165, 1.54) is 12.3 Å². The van der Waals surface area contributed by atoms with Gasteiger partial charge in [-0.2, -0.15) is 0 Å². The summed E-state index contributed by atoms with van der Waals surface area (Å²) in [5, 5.41) is 2.82. The summed E-state index contributed by atoms with van der Waals surface area (Å²) in [5.41, 5.74) is 0.946. The SMILES string of the molecule is O=C(c1ccc(Nc2ccc(F)cc2F)cn1)N1CCC2(CC1)OCCO2. The molecule has 0 saturated carbocycles. The number of likely N-dealkylation sites (tertiary alicyclic amines) is 1. The fourth-order valence-corrected chi connectivity index (χ4v) is 3.34. The molecule has 0 unspecified atom stereocenters. The molecule has 0 bridgehead atoms. The number of ether oxygens (including phenoxy) is 2. The number of hydrogen-bond acceptors (Lipinski definition) is 5. The monoisotopic (exact) mass is 375 g/mol. The maximum absolute atomic E-state index is 13.7. The molecule has 8 heteroatoms. The lowest BCUT2D eigenvalue weighted by atomic mass is 10.0. The standard InChI is InChI=1S/C19H19F2N3O3/c20-13-1-3-16(15(21)11-13)23-14-2-4-17(22-12-14)18(25)24-7-5-19(6-8-24)26-9-10-27-19/h1-4,11-12,23H,5-10H2. The van der Waals surface area contributed by atoms with Gasteiger partial charge in [0.2, 0.25) is 0 Å². The van der Waals surface area contributed by atoms with Crippen molar-refractivity contribution in [2.24, 2.45) is 0 Å². The van der Waals surface area contributed by atoms with Gasteiger partial charge >= 0.3 is 0 Å². The van der Waals surface area contributed by atoms with Crippen LogP contribution in [0.4, 0.5) is 20.2 Å². The van der Waals surface area contributed by atoms with Gasteiger partial charge in [-0.05, 0) is 24.3 Å². The van der Waals surface area contributed by atoms with Gasteiger partial charge in [-0.15, -0.1) is 0 Å². The summed E-state index contributed by atoms with van der Waals surface area (Å²) in [4.78, 5) is 18.5. The summed E-state index contributed by atoms with van der Waals surface area (Å²) in [5.74, 6) is -2.04. The van der Waals surface area contributed by atoms with Crippen molar-refractivity contribution in [3.8, 4) is 0 Å². The molecule has 142 valence electrons. The zero-order valence-electron chi connectivity index (χ0n) is 14.6. The molecule has 2 aromatic rings. The molecule has 0 radical (unpaired) electrons. The van der Waals surface area contributed by atoms with Gasteiger partial charge in [0.05, 0.1) is 30.8 Å². The highest BCUT2D eigenvalue weighted by Crippen LogP contribution is 2.31. The van der Waals surface area contributed by atoms with Gasteiger partial charge in [0.25, 0.3) is 5.91 Å². The molecular formula is C19H19F2N3O3. The summed E-state index contributed by atoms with van der Waals surface area (Å²) in [7, 11) is 0. The van der Waals surface area contributed by atoms with E-state index in [-0.39, 0.29) is 11.6 Å². The molecule has 3 heterocycles. The lowest BCUT2D eigenvalue weighted by molar-refractivity contribution is -0.181. The molecule has 6 nitrogen and oxygen atoms in total. The van der Waals surface area contributed by atoms with Crippen LogP contribution < -0.4 is 5.32 Å². The lowest BCUT2D eigenvalue weighted by Crippen LogP contribution is -2.47. The largest absolute Gasteiger partial charge is 0.352 e. The average molecular weight is 375 g/mol. The molecule has 0 aliphatic carbocycles. The third-order valence-electron chi connectivity index (χ3n) is 4.82. The Bertz CT molecular complexity index is 829. The van der Waals surface area contributed by atoms with Crippen LogP contribution in [0.3, 0.4) is 0 Å². The third-order valence-corrected chi connectivity index (χ3v) is 4.82. The van der Waals surface area contributed by atoms with Crippen LogP contribution in [0.1, 0.15) is 23.3 Å². The van der Waals surface area contributed by atoms with Gasteiger partial charge in [-0.25, -0.2) is 13.8 Å². The molecule has 1 amide bonds. The predicted molar refractivity (Wildman–Crippen MR) is 93.7 cm³/mol. The number of nitrogens with zero attached hydrogens (tertiary/aromatic N) is 2. The van der Waals surface area contributed by atoms with E-state index in [9.17, 15) is 13.6 Å². The first-order valence-corrected chi connectivity index (χ1v) is 8.80. The number of anilines is 2. The first kappa shape index (κ1) is 17.8. The molecule has 2 aliphatic heterocycles. The summed E-state index contributed by atoms with van der Waals surface area (Å²) >= 11 is 0. The summed E-state index contributed by atoms with van der Waals surface area (Å²) in [6.07, 6.45) is 2.73. The second kappa shape index (κ2) is 7.21. The minimum Gasteiger partial charge on any atom is -0.352 e. The minimum atomic E-state index is -0.700. The van der Waals surface area contributed by atoms with Gasteiger partial charge < -0.3 is 19.7 Å². The van der Waals surface area contributed by atoms with Crippen LogP contribution in [0.15, 0.2) is 36.5 Å². The number of benzene rings is 1. The Hall–Kier alpha value is -2.58. The Morgan fingerprint density at radius 1 is 1.11 bits per heavy atom. The Morgan fingerprint density at radius 3 is 2.48 bits per heavy atom. The maximum Gasteiger partial charge on any atom is 0.272 e. The number of piperidine rings is 1. The highest BCUT2D eigenvalue weighted by Gasteiger charge is 2.41. The molecule has 0 atom stereocenters. The van der Waals surface area contributed by atoms with E-state index < -0.39 is 17.4 Å². The van der Waals surface area contributed by atoms with Crippen molar-refractivity contribution < 1.29 is 23.0 Å². The fraction of sp³-hybridized carbons (Fsp3) is 0.368. The fourth-order valence-electron chi connectivity index (χ4n) is 3.34. The molecule has 1 spiro atoms. The molecule has 4 rings (SSSR count). The Labute approximate surface area is 155 Å². The first-order valence-electron chi connectivity index (χ1n) is 8.80. The van der Waals surface area contributed by atoms with E-state index in [1.807, 2.05) is 0 Å². The van der Waals surface area contributed by atoms with Crippen LogP contribution in [0.25, 0.3) is 0 Å². The van der Waals surface area contributed by atoms with Crippen molar-refractivity contribution in [3.63, 3.8) is 0 Å². The number of carbonyl (C=O) groups excluding carboxylic acids is 1. The number of carbonyl (C=O) groups is 1. The molecule has 27 heavy (non-hydrogen) atoms. The Kier molecular flexibility index (Phi) is 4.75. The molecular weight excluding hydrogens is 356 g/mol. The summed E-state index contributed by atoms with van der Waals surface area (Å²) in [6.45, 7) is 2.28. The number of hydrogen-bond donors (Lipinski definition) is 1. The van der Waals surface area contributed by atoms with Crippen molar-refractivity contribution >= 4 is 17.3 Å². The van der Waals surface area contributed by atoms with Crippen LogP contribution in [0, 0.1) is 11.6 Å². The van der Waals surface area contributed by atoms with Crippen molar-refractivity contribution in [1.29, 1.82) is 0 Å². The van der Waals surface area contributed by atoms with Gasteiger partial charge in [0.1, 0.15) is 17.3 Å². The van der Waals surface area contributed by atoms with Crippen LogP contribution >= 0.6 is 0 Å². The minimum absolute atomic E-state index is 0.134. The topological polar surface area (TPSA) is 63.7 Å². The van der Waals surface area contributed by atoms with E-state index in [1.54, 1.807) is 17.0 Å². The quantitative estimate of drug-likeness (QED) is 0.893. The van der Waals surface area contributed by atoms with Gasteiger partial charge in [0.15, 0.2) is 5.79 Å². The smallest absolute Gasteiger partial charge is 0.272 e. The molecule has 2 fully saturated rings. The lowest BCUT2D eigenvalue weighted by Gasteiger charge is -2.37. The van der Waals surface area contributed by atoms with E-state index in [4.69, 9.17) is 9.47 Å². The second-order valence-corrected chi connectivity index (χ2v) is 6.58. The van der Waals surface area contributed by atoms with Gasteiger partial charge in [0, 0.05) is 32.0 Å². The number of halogens is 2. The van der Waals surface area contributed by atoms with Crippen LogP contribution in [0.5, 0.6) is 0 Å². The molecule has 2 aliphatic rings. The second-order valence-electron chi connectivity index (χ2n) is 6.58. The molecule has 1 aromatic carbocycles. The van der Waals surface area contributed by atoms with Crippen molar-refractivity contribution in [3.05, 3.63) is 53.9 Å². The highest BCUT2D eigenvalue weighted by molar-refractivity contribution is 5.92. The van der Waals surface area contributed by atoms with Crippen molar-refractivity contribution in [1.82, 2.24) is 9.88 Å². The van der Waals surface area contributed by atoms with Crippen LogP contribution in [-0.4, -0.2) is 47.9 Å². The van der Waals surface area contributed by atoms with E-state index >= 15 is 0 Å². The highest BCUT2D eigenvalue weighted by atomic mass is 19.1. The molecule has 1 N–H and O–H groups in total. The zero-order valence-corrected chi connectivity index (χ0v) is 14.6. The van der Waals surface area contributed by atoms with Crippen LogP contribution in [0.2, 0.25) is 0 Å². The number of pyridine rings is 1. The summed E-state index contributed by atoms with van der Waals surface area (Å²) in [6, 6.07) is 6.49. The number of nitrogens with one attached hydrogen (secondary N) is 1. The zero-order chi connectivity index (χ0) is 18.9. The van der Waals surface area contributed by atoms with Gasteiger partial charge in [-0.3, -0.25) is 4.79 Å². The molecule has 1 aromatic heterocycles.